The molecule has 0 amide bonds. The molecule has 0 aliphatic carbocycles. The van der Waals surface area contributed by atoms with E-state index in [2.05, 4.69) is 32.7 Å². The average Bonchev–Trinajstić information content (AvgIpc) is 2.87. The van der Waals surface area contributed by atoms with Gasteiger partial charge in [-0.25, -0.2) is 4.39 Å². The molecule has 0 N–H and O–H groups in total. The van der Waals surface area contributed by atoms with Crippen LogP contribution >= 0.6 is 15.9 Å². The van der Waals surface area contributed by atoms with Gasteiger partial charge in [0, 0.05) is 30.9 Å². The van der Waals surface area contributed by atoms with E-state index < -0.39 is 0 Å². The van der Waals surface area contributed by atoms with Gasteiger partial charge in [-0.1, -0.05) is 6.92 Å². The molecule has 0 radical (unpaired) electrons. The zero-order chi connectivity index (χ0) is 13.4. The zero-order valence-corrected chi connectivity index (χ0v) is 12.9. The highest BCUT2D eigenvalue weighted by Gasteiger charge is 2.35. The molecular formula is C15H20BrFN2. The SMILES string of the molecule is CCC1CN2CCCC2CN1c1ccc(Br)c(F)c1. The molecule has 0 spiro atoms. The number of anilines is 1. The van der Waals surface area contributed by atoms with Crippen LogP contribution in [0, 0.1) is 5.82 Å². The molecule has 2 fully saturated rings. The molecule has 2 aliphatic rings. The molecule has 1 aromatic carbocycles. The fourth-order valence-corrected chi connectivity index (χ4v) is 3.66. The fourth-order valence-electron chi connectivity index (χ4n) is 3.42. The van der Waals surface area contributed by atoms with Crippen molar-refractivity contribution in [2.75, 3.05) is 24.5 Å². The van der Waals surface area contributed by atoms with Gasteiger partial charge in [-0.15, -0.1) is 0 Å². The summed E-state index contributed by atoms with van der Waals surface area (Å²) in [4.78, 5) is 5.02. The van der Waals surface area contributed by atoms with E-state index in [1.165, 1.54) is 19.4 Å². The second-order valence-corrected chi connectivity index (χ2v) is 6.46. The van der Waals surface area contributed by atoms with E-state index in [0.717, 1.165) is 25.2 Å². The summed E-state index contributed by atoms with van der Waals surface area (Å²) in [6, 6.07) is 6.68. The topological polar surface area (TPSA) is 6.48 Å². The largest absolute Gasteiger partial charge is 0.366 e. The van der Waals surface area contributed by atoms with E-state index in [1.54, 1.807) is 6.07 Å². The number of benzene rings is 1. The maximum atomic E-state index is 13.7. The predicted octanol–water partition coefficient (Wildman–Crippen LogP) is 3.65. The first kappa shape index (κ1) is 13.4. The first-order valence-electron chi connectivity index (χ1n) is 7.14. The molecule has 1 aromatic rings. The average molecular weight is 327 g/mol. The minimum Gasteiger partial charge on any atom is -0.366 e. The molecule has 2 nitrogen and oxygen atoms in total. The van der Waals surface area contributed by atoms with Gasteiger partial charge in [-0.3, -0.25) is 4.90 Å². The van der Waals surface area contributed by atoms with E-state index in [0.29, 0.717) is 16.6 Å². The molecule has 104 valence electrons. The number of piperazine rings is 1. The van der Waals surface area contributed by atoms with Gasteiger partial charge in [-0.05, 0) is 59.9 Å². The molecule has 19 heavy (non-hydrogen) atoms. The normalized spacial score (nSPS) is 27.6. The molecule has 2 aliphatic heterocycles. The van der Waals surface area contributed by atoms with Crippen LogP contribution in [0.25, 0.3) is 0 Å². The molecule has 2 heterocycles. The Hall–Kier alpha value is -0.610. The van der Waals surface area contributed by atoms with Gasteiger partial charge in [0.2, 0.25) is 0 Å². The first-order valence-corrected chi connectivity index (χ1v) is 7.94. The third kappa shape index (κ3) is 2.52. The van der Waals surface area contributed by atoms with E-state index in [1.807, 2.05) is 12.1 Å². The summed E-state index contributed by atoms with van der Waals surface area (Å²) < 4.78 is 14.3. The smallest absolute Gasteiger partial charge is 0.139 e. The minimum atomic E-state index is -0.166. The Labute approximate surface area is 122 Å². The van der Waals surface area contributed by atoms with E-state index in [9.17, 15) is 4.39 Å². The Morgan fingerprint density at radius 1 is 1.37 bits per heavy atom. The molecule has 2 saturated heterocycles. The molecule has 4 heteroatoms. The van der Waals surface area contributed by atoms with Gasteiger partial charge in [0.15, 0.2) is 0 Å². The molecule has 2 unspecified atom stereocenters. The summed E-state index contributed by atoms with van der Waals surface area (Å²) in [5.41, 5.74) is 1.03. The third-order valence-electron chi connectivity index (χ3n) is 4.50. The maximum absolute atomic E-state index is 13.7. The summed E-state index contributed by atoms with van der Waals surface area (Å²) >= 11 is 3.23. The van der Waals surface area contributed by atoms with Crippen LogP contribution in [-0.4, -0.2) is 36.6 Å². The molecule has 0 saturated carbocycles. The predicted molar refractivity (Wildman–Crippen MR) is 80.1 cm³/mol. The van der Waals surface area contributed by atoms with Gasteiger partial charge in [0.25, 0.3) is 0 Å². The number of hydrogen-bond acceptors (Lipinski definition) is 2. The van der Waals surface area contributed by atoms with Crippen LogP contribution in [0.2, 0.25) is 0 Å². The Morgan fingerprint density at radius 3 is 2.95 bits per heavy atom. The standard InChI is InChI=1S/C15H20BrFN2/c1-2-11-9-18-7-3-4-13(18)10-19(11)12-5-6-14(16)15(17)8-12/h5-6,8,11,13H,2-4,7,9-10H2,1H3. The van der Waals surface area contributed by atoms with Crippen molar-refractivity contribution in [2.24, 2.45) is 0 Å². The minimum absolute atomic E-state index is 0.166. The van der Waals surface area contributed by atoms with Crippen LogP contribution in [0.5, 0.6) is 0 Å². The van der Waals surface area contributed by atoms with E-state index >= 15 is 0 Å². The Morgan fingerprint density at radius 2 is 2.21 bits per heavy atom. The Kier molecular flexibility index (Phi) is 3.81. The maximum Gasteiger partial charge on any atom is 0.139 e. The fraction of sp³-hybridized carbons (Fsp3) is 0.600. The van der Waals surface area contributed by atoms with Crippen molar-refractivity contribution in [1.82, 2.24) is 4.90 Å². The number of halogens is 2. The van der Waals surface area contributed by atoms with Gasteiger partial charge in [-0.2, -0.15) is 0 Å². The second-order valence-electron chi connectivity index (χ2n) is 5.60. The third-order valence-corrected chi connectivity index (χ3v) is 5.14. The summed E-state index contributed by atoms with van der Waals surface area (Å²) in [7, 11) is 0. The quantitative estimate of drug-likeness (QED) is 0.818. The van der Waals surface area contributed by atoms with Gasteiger partial charge in [0.1, 0.15) is 5.82 Å². The number of hydrogen-bond donors (Lipinski definition) is 0. The Bertz CT molecular complexity index is 465. The lowest BCUT2D eigenvalue weighted by molar-refractivity contribution is 0.194. The van der Waals surface area contributed by atoms with E-state index in [4.69, 9.17) is 0 Å². The lowest BCUT2D eigenvalue weighted by Gasteiger charge is -2.45. The summed E-state index contributed by atoms with van der Waals surface area (Å²) in [6.45, 7) is 5.63. The lowest BCUT2D eigenvalue weighted by Crippen LogP contribution is -2.56. The van der Waals surface area contributed by atoms with Crippen LogP contribution in [0.4, 0.5) is 10.1 Å². The van der Waals surface area contributed by atoms with E-state index in [-0.39, 0.29) is 5.82 Å². The van der Waals surface area contributed by atoms with Crippen molar-refractivity contribution in [1.29, 1.82) is 0 Å². The summed E-state index contributed by atoms with van der Waals surface area (Å²) in [5, 5.41) is 0. The van der Waals surface area contributed by atoms with Crippen molar-refractivity contribution >= 4 is 21.6 Å². The van der Waals surface area contributed by atoms with Crippen LogP contribution < -0.4 is 4.90 Å². The summed E-state index contributed by atoms with van der Waals surface area (Å²) in [5.74, 6) is -0.166. The lowest BCUT2D eigenvalue weighted by atomic mass is 10.0. The van der Waals surface area contributed by atoms with Gasteiger partial charge in [0.05, 0.1) is 4.47 Å². The molecule has 3 rings (SSSR count). The molecular weight excluding hydrogens is 307 g/mol. The second kappa shape index (κ2) is 5.41. The number of nitrogens with zero attached hydrogens (tertiary/aromatic N) is 2. The number of rotatable bonds is 2. The van der Waals surface area contributed by atoms with Crippen molar-refractivity contribution in [3.05, 3.63) is 28.5 Å². The summed E-state index contributed by atoms with van der Waals surface area (Å²) in [6.07, 6.45) is 3.70. The number of fused-ring (bicyclic) bond motifs is 1. The Balaban J connectivity index is 1.86. The molecule has 0 bridgehead atoms. The highest BCUT2D eigenvalue weighted by molar-refractivity contribution is 9.10. The monoisotopic (exact) mass is 326 g/mol. The van der Waals surface area contributed by atoms with Crippen LogP contribution in [0.15, 0.2) is 22.7 Å². The zero-order valence-electron chi connectivity index (χ0n) is 11.3. The molecule has 0 aromatic heterocycles. The molecule has 2 atom stereocenters. The van der Waals surface area contributed by atoms with Crippen LogP contribution in [0.3, 0.4) is 0 Å². The van der Waals surface area contributed by atoms with Gasteiger partial charge < -0.3 is 4.90 Å². The van der Waals surface area contributed by atoms with Gasteiger partial charge >= 0.3 is 0 Å². The van der Waals surface area contributed by atoms with Crippen molar-refractivity contribution in [3.8, 4) is 0 Å². The van der Waals surface area contributed by atoms with Crippen LogP contribution in [-0.2, 0) is 0 Å². The first-order chi connectivity index (χ1) is 9.19. The van der Waals surface area contributed by atoms with Crippen molar-refractivity contribution in [2.45, 2.75) is 38.3 Å². The van der Waals surface area contributed by atoms with Crippen molar-refractivity contribution in [3.63, 3.8) is 0 Å². The van der Waals surface area contributed by atoms with Crippen LogP contribution in [0.1, 0.15) is 26.2 Å². The highest BCUT2D eigenvalue weighted by atomic mass is 79.9. The van der Waals surface area contributed by atoms with Crippen molar-refractivity contribution < 1.29 is 4.39 Å². The highest BCUT2D eigenvalue weighted by Crippen LogP contribution is 2.31.